The first-order valence-electron chi connectivity index (χ1n) is 14.8. The molecule has 0 aliphatic heterocycles. The highest BCUT2D eigenvalue weighted by molar-refractivity contribution is 6.97. The van der Waals surface area contributed by atoms with Gasteiger partial charge in [0, 0.05) is 45.8 Å². The molecule has 206 valence electrons. The Balaban J connectivity index is 1.34. The van der Waals surface area contributed by atoms with Gasteiger partial charge in [0.1, 0.15) is 17.0 Å². The summed E-state index contributed by atoms with van der Waals surface area (Å²) in [6.07, 6.45) is 7.48. The van der Waals surface area contributed by atoms with E-state index < -0.39 is 0 Å². The average Bonchev–Trinajstić information content (AvgIpc) is 3.82. The molecule has 0 amide bonds. The number of imidazole rings is 1. The molecule has 9 rings (SSSR count). The highest BCUT2D eigenvalue weighted by Gasteiger charge is 2.27. The number of pyridine rings is 1. The smallest absolute Gasteiger partial charge is 0.246 e. The van der Waals surface area contributed by atoms with E-state index in [1.165, 1.54) is 21.7 Å². The van der Waals surface area contributed by atoms with Gasteiger partial charge in [-0.05, 0) is 47.9 Å². The lowest BCUT2D eigenvalue weighted by atomic mass is 9.36. The molecule has 5 aromatic carbocycles. The monoisotopic (exact) mass is 564 g/mol. The second kappa shape index (κ2) is 9.85. The molecule has 9 aromatic rings. The van der Waals surface area contributed by atoms with Gasteiger partial charge in [-0.15, -0.1) is 0 Å². The molecule has 0 aliphatic carbocycles. The Hall–Kier alpha value is -5.88. The zero-order chi connectivity index (χ0) is 29.0. The Labute approximate surface area is 253 Å². The Morgan fingerprint density at radius 1 is 0.591 bits per heavy atom. The number of fused-ring (bicyclic) bond motifs is 6. The Morgan fingerprint density at radius 2 is 1.39 bits per heavy atom. The molecule has 0 bridgehead atoms. The topological polar surface area (TPSA) is 48.8 Å². The number of benzene rings is 5. The van der Waals surface area contributed by atoms with Gasteiger partial charge in [-0.2, -0.15) is 0 Å². The molecule has 0 unspecified atom stereocenters. The van der Waals surface area contributed by atoms with Crippen LogP contribution in [0.1, 0.15) is 0 Å². The third-order valence-corrected chi connectivity index (χ3v) is 8.66. The van der Waals surface area contributed by atoms with Gasteiger partial charge in [0.05, 0.1) is 17.4 Å². The second-order valence-corrected chi connectivity index (χ2v) is 11.1. The van der Waals surface area contributed by atoms with Crippen molar-refractivity contribution >= 4 is 66.8 Å². The van der Waals surface area contributed by atoms with Crippen LogP contribution in [0.4, 0.5) is 0 Å². The fourth-order valence-corrected chi connectivity index (χ4v) is 6.72. The third-order valence-electron chi connectivity index (χ3n) is 8.66. The molecule has 0 atom stereocenters. The highest BCUT2D eigenvalue weighted by Crippen LogP contribution is 2.31. The van der Waals surface area contributed by atoms with Gasteiger partial charge < -0.3 is 8.98 Å². The molecule has 4 heterocycles. The lowest BCUT2D eigenvalue weighted by Gasteiger charge is -2.18. The van der Waals surface area contributed by atoms with Gasteiger partial charge in [-0.3, -0.25) is 4.57 Å². The molecule has 44 heavy (non-hydrogen) atoms. The lowest BCUT2D eigenvalue weighted by Crippen LogP contribution is -2.52. The molecule has 0 saturated heterocycles. The van der Waals surface area contributed by atoms with E-state index in [1.807, 2.05) is 53.8 Å². The molecule has 0 fully saturated rings. The quantitative estimate of drug-likeness (QED) is 0.217. The SMILES string of the molecule is c1ccc(-n2c3ccccc3c3ccc(B(c4cccc(-n5ccnc5)c4)c4cccc5c4oc4ccccc45)cc32)nc1. The number of para-hydroxylation sites is 3. The summed E-state index contributed by atoms with van der Waals surface area (Å²) in [7, 11) is 0. The van der Waals surface area contributed by atoms with Crippen molar-refractivity contribution in [3.63, 3.8) is 0 Å². The van der Waals surface area contributed by atoms with E-state index in [1.54, 1.807) is 0 Å². The summed E-state index contributed by atoms with van der Waals surface area (Å²) in [6, 6.07) is 45.0. The summed E-state index contributed by atoms with van der Waals surface area (Å²) < 4.78 is 10.9. The number of hydrogen-bond acceptors (Lipinski definition) is 3. The molecule has 5 nitrogen and oxygen atoms in total. The maximum Gasteiger partial charge on any atom is 0.246 e. The Bertz CT molecular complexity index is 2460. The lowest BCUT2D eigenvalue weighted by molar-refractivity contribution is 0.671. The molecular weight excluding hydrogens is 539 g/mol. The van der Waals surface area contributed by atoms with Gasteiger partial charge in [0.15, 0.2) is 0 Å². The second-order valence-electron chi connectivity index (χ2n) is 11.1. The van der Waals surface area contributed by atoms with Crippen LogP contribution in [0.3, 0.4) is 0 Å². The van der Waals surface area contributed by atoms with E-state index in [-0.39, 0.29) is 6.71 Å². The van der Waals surface area contributed by atoms with Gasteiger partial charge in [-0.1, -0.05) is 95.9 Å². The van der Waals surface area contributed by atoms with Crippen molar-refractivity contribution in [3.05, 3.63) is 152 Å². The molecule has 0 spiro atoms. The standard InChI is InChI=1S/C38H25BN4O/c1-3-15-34-29(11-1)30-19-18-27(24-35(30)43(34)37-17-5-6-20-41-37)39(26-9-7-10-28(23-26)42-22-21-40-25-42)33-14-8-13-32-31-12-2-4-16-36(31)44-38(32)33/h1-25H. The van der Waals surface area contributed by atoms with Crippen LogP contribution in [0.5, 0.6) is 0 Å². The number of hydrogen-bond donors (Lipinski definition) is 0. The van der Waals surface area contributed by atoms with E-state index in [0.717, 1.165) is 49.9 Å². The fraction of sp³-hybridized carbons (Fsp3) is 0. The Morgan fingerprint density at radius 3 is 2.27 bits per heavy atom. The van der Waals surface area contributed by atoms with Gasteiger partial charge in [0.2, 0.25) is 6.71 Å². The summed E-state index contributed by atoms with van der Waals surface area (Å²) in [4.78, 5) is 9.04. The van der Waals surface area contributed by atoms with Crippen molar-refractivity contribution in [2.75, 3.05) is 0 Å². The highest BCUT2D eigenvalue weighted by atomic mass is 16.3. The fourth-order valence-electron chi connectivity index (χ4n) is 6.72. The van der Waals surface area contributed by atoms with Crippen LogP contribution in [0.15, 0.2) is 157 Å². The van der Waals surface area contributed by atoms with Crippen LogP contribution >= 0.6 is 0 Å². The molecule has 4 aromatic heterocycles. The number of furan rings is 1. The van der Waals surface area contributed by atoms with E-state index >= 15 is 0 Å². The minimum Gasteiger partial charge on any atom is -0.457 e. The van der Waals surface area contributed by atoms with Crippen LogP contribution in [0, 0.1) is 0 Å². The zero-order valence-electron chi connectivity index (χ0n) is 23.7. The first-order chi connectivity index (χ1) is 21.8. The van der Waals surface area contributed by atoms with E-state index in [2.05, 4.69) is 113 Å². The van der Waals surface area contributed by atoms with E-state index in [0.29, 0.717) is 0 Å². The van der Waals surface area contributed by atoms with E-state index in [4.69, 9.17) is 9.40 Å². The maximum absolute atomic E-state index is 6.61. The van der Waals surface area contributed by atoms with Crippen molar-refractivity contribution in [1.82, 2.24) is 19.1 Å². The van der Waals surface area contributed by atoms with Gasteiger partial charge in [-0.25, -0.2) is 9.97 Å². The molecule has 0 saturated carbocycles. The molecule has 6 heteroatoms. The van der Waals surface area contributed by atoms with Gasteiger partial charge in [0.25, 0.3) is 0 Å². The summed E-state index contributed by atoms with van der Waals surface area (Å²) >= 11 is 0. The average molecular weight is 564 g/mol. The summed E-state index contributed by atoms with van der Waals surface area (Å²) in [5.41, 5.74) is 8.60. The van der Waals surface area contributed by atoms with Crippen LogP contribution in [-0.4, -0.2) is 25.8 Å². The van der Waals surface area contributed by atoms with Crippen LogP contribution in [0.2, 0.25) is 0 Å². The van der Waals surface area contributed by atoms with Gasteiger partial charge >= 0.3 is 0 Å². The predicted octanol–water partition coefficient (Wildman–Crippen LogP) is 6.78. The first-order valence-corrected chi connectivity index (χ1v) is 14.8. The molecule has 0 radical (unpaired) electrons. The first kappa shape index (κ1) is 24.7. The summed E-state index contributed by atoms with van der Waals surface area (Å²) in [5, 5.41) is 4.65. The van der Waals surface area contributed by atoms with Crippen LogP contribution in [0.25, 0.3) is 55.2 Å². The maximum atomic E-state index is 6.61. The summed E-state index contributed by atoms with van der Waals surface area (Å²) in [5.74, 6) is 0.897. The van der Waals surface area contributed by atoms with Crippen molar-refractivity contribution in [2.24, 2.45) is 0 Å². The minimum atomic E-state index is -0.0951. The Kier molecular flexibility index (Phi) is 5.53. The molecular formula is C38H25BN4O. The predicted molar refractivity (Wildman–Crippen MR) is 181 cm³/mol. The van der Waals surface area contributed by atoms with Crippen molar-refractivity contribution in [1.29, 1.82) is 0 Å². The van der Waals surface area contributed by atoms with Crippen molar-refractivity contribution in [3.8, 4) is 11.5 Å². The minimum absolute atomic E-state index is 0.0951. The largest absolute Gasteiger partial charge is 0.457 e. The summed E-state index contributed by atoms with van der Waals surface area (Å²) in [6.45, 7) is -0.0951. The number of rotatable bonds is 5. The van der Waals surface area contributed by atoms with Crippen molar-refractivity contribution < 1.29 is 4.42 Å². The van der Waals surface area contributed by atoms with Crippen LogP contribution in [-0.2, 0) is 0 Å². The number of nitrogens with zero attached hydrogens (tertiary/aromatic N) is 4. The zero-order valence-corrected chi connectivity index (χ0v) is 23.7. The van der Waals surface area contributed by atoms with E-state index in [9.17, 15) is 0 Å². The molecule has 0 N–H and O–H groups in total. The number of aromatic nitrogens is 4. The van der Waals surface area contributed by atoms with Crippen LogP contribution < -0.4 is 16.4 Å². The molecule has 0 aliphatic rings. The van der Waals surface area contributed by atoms with Crippen molar-refractivity contribution in [2.45, 2.75) is 0 Å². The third kappa shape index (κ3) is 3.81. The normalized spacial score (nSPS) is 11.6.